The zero-order chi connectivity index (χ0) is 14.0. The number of phenolic OH excluding ortho intramolecular Hbond substituents is 2. The van der Waals surface area contributed by atoms with E-state index in [1.165, 1.54) is 5.56 Å². The number of hydrogen-bond donors (Lipinski definition) is 2. The molecule has 2 aromatic rings. The highest BCUT2D eigenvalue weighted by Gasteiger charge is 2.19. The Morgan fingerprint density at radius 1 is 0.947 bits per heavy atom. The van der Waals surface area contributed by atoms with E-state index < -0.39 is 0 Å². The second kappa shape index (κ2) is 5.22. The highest BCUT2D eigenvalue weighted by atomic mass is 16.3. The third-order valence-corrected chi connectivity index (χ3v) is 3.50. The molecule has 0 radical (unpaired) electrons. The van der Waals surface area contributed by atoms with Crippen LogP contribution in [0.15, 0.2) is 42.5 Å². The lowest BCUT2D eigenvalue weighted by atomic mass is 10.0. The molecule has 19 heavy (non-hydrogen) atoms. The Kier molecular flexibility index (Phi) is 3.65. The number of nitrogens with zero attached hydrogens (tertiary/aromatic N) is 1. The summed E-state index contributed by atoms with van der Waals surface area (Å²) in [6.45, 7) is 4.00. The first kappa shape index (κ1) is 13.3. The predicted octanol–water partition coefficient (Wildman–Crippen LogP) is 3.60. The number of aromatic hydroxyl groups is 2. The molecule has 0 bridgehead atoms. The van der Waals surface area contributed by atoms with Crippen molar-refractivity contribution in [3.8, 4) is 11.5 Å². The minimum absolute atomic E-state index is 0.117. The van der Waals surface area contributed by atoms with Gasteiger partial charge in [-0.1, -0.05) is 23.8 Å². The van der Waals surface area contributed by atoms with Crippen molar-refractivity contribution in [2.45, 2.75) is 19.9 Å². The van der Waals surface area contributed by atoms with Crippen LogP contribution in [-0.4, -0.2) is 17.3 Å². The Labute approximate surface area is 113 Å². The zero-order valence-corrected chi connectivity index (χ0v) is 11.5. The van der Waals surface area contributed by atoms with E-state index in [1.54, 1.807) is 18.2 Å². The first-order valence-electron chi connectivity index (χ1n) is 6.31. The molecule has 0 aliphatic heterocycles. The third kappa shape index (κ3) is 2.65. The van der Waals surface area contributed by atoms with Gasteiger partial charge >= 0.3 is 0 Å². The van der Waals surface area contributed by atoms with Crippen molar-refractivity contribution in [2.24, 2.45) is 0 Å². The van der Waals surface area contributed by atoms with E-state index in [-0.39, 0.29) is 17.5 Å². The molecule has 0 saturated carbocycles. The number of anilines is 1. The fourth-order valence-corrected chi connectivity index (χ4v) is 2.17. The molecular weight excluding hydrogens is 238 g/mol. The monoisotopic (exact) mass is 257 g/mol. The van der Waals surface area contributed by atoms with Crippen molar-refractivity contribution in [3.63, 3.8) is 0 Å². The van der Waals surface area contributed by atoms with Crippen LogP contribution in [-0.2, 0) is 0 Å². The van der Waals surface area contributed by atoms with E-state index in [0.29, 0.717) is 5.56 Å². The van der Waals surface area contributed by atoms with Crippen LogP contribution in [0.1, 0.15) is 24.1 Å². The molecule has 0 aliphatic carbocycles. The van der Waals surface area contributed by atoms with Crippen molar-refractivity contribution in [2.75, 3.05) is 11.9 Å². The van der Waals surface area contributed by atoms with E-state index in [0.717, 1.165) is 5.69 Å². The van der Waals surface area contributed by atoms with Gasteiger partial charge < -0.3 is 15.1 Å². The minimum atomic E-state index is -0.121. The molecule has 0 spiro atoms. The first-order valence-corrected chi connectivity index (χ1v) is 6.31. The van der Waals surface area contributed by atoms with Crippen LogP contribution in [0, 0.1) is 6.92 Å². The van der Waals surface area contributed by atoms with Crippen LogP contribution >= 0.6 is 0 Å². The molecule has 2 N–H and O–H groups in total. The molecule has 2 aromatic carbocycles. The molecule has 0 aromatic heterocycles. The standard InChI is InChI=1S/C16H19NO2/c1-11-7-9-13(10-8-11)17(3)12(2)16-14(18)5-4-6-15(16)19/h4-10,12,18-19H,1-3H3. The van der Waals surface area contributed by atoms with Crippen molar-refractivity contribution in [3.05, 3.63) is 53.6 Å². The van der Waals surface area contributed by atoms with Crippen LogP contribution < -0.4 is 4.90 Å². The largest absolute Gasteiger partial charge is 0.507 e. The van der Waals surface area contributed by atoms with Crippen molar-refractivity contribution < 1.29 is 10.2 Å². The molecule has 0 heterocycles. The molecule has 0 saturated heterocycles. The van der Waals surface area contributed by atoms with E-state index in [9.17, 15) is 10.2 Å². The fraction of sp³-hybridized carbons (Fsp3) is 0.250. The molecule has 1 unspecified atom stereocenters. The minimum Gasteiger partial charge on any atom is -0.507 e. The Hall–Kier alpha value is -2.16. The summed E-state index contributed by atoms with van der Waals surface area (Å²) in [5, 5.41) is 19.8. The van der Waals surface area contributed by atoms with Gasteiger partial charge in [-0.15, -0.1) is 0 Å². The van der Waals surface area contributed by atoms with Gasteiger partial charge in [0.1, 0.15) is 11.5 Å². The lowest BCUT2D eigenvalue weighted by Crippen LogP contribution is -2.21. The predicted molar refractivity (Wildman–Crippen MR) is 77.8 cm³/mol. The summed E-state index contributed by atoms with van der Waals surface area (Å²) in [5.41, 5.74) is 2.79. The number of aryl methyl sites for hydroxylation is 1. The topological polar surface area (TPSA) is 43.7 Å². The molecule has 1 atom stereocenters. The van der Waals surface area contributed by atoms with E-state index in [1.807, 2.05) is 50.1 Å². The average Bonchev–Trinajstić information content (AvgIpc) is 2.38. The Bertz CT molecular complexity index is 543. The van der Waals surface area contributed by atoms with Gasteiger partial charge in [-0.2, -0.15) is 0 Å². The number of phenols is 2. The summed E-state index contributed by atoms with van der Waals surface area (Å²) in [5.74, 6) is 0.234. The van der Waals surface area contributed by atoms with Gasteiger partial charge in [0.25, 0.3) is 0 Å². The smallest absolute Gasteiger partial charge is 0.124 e. The van der Waals surface area contributed by atoms with Gasteiger partial charge in [-0.05, 0) is 38.1 Å². The van der Waals surface area contributed by atoms with Gasteiger partial charge in [0.2, 0.25) is 0 Å². The summed E-state index contributed by atoms with van der Waals surface area (Å²) in [7, 11) is 1.95. The van der Waals surface area contributed by atoms with E-state index in [2.05, 4.69) is 0 Å². The highest BCUT2D eigenvalue weighted by molar-refractivity contribution is 5.53. The van der Waals surface area contributed by atoms with Crippen LogP contribution in [0.25, 0.3) is 0 Å². The lowest BCUT2D eigenvalue weighted by Gasteiger charge is -2.28. The van der Waals surface area contributed by atoms with Gasteiger partial charge in [0.15, 0.2) is 0 Å². The number of rotatable bonds is 3. The maximum atomic E-state index is 9.92. The molecule has 3 heteroatoms. The maximum Gasteiger partial charge on any atom is 0.124 e. The SMILES string of the molecule is Cc1ccc(N(C)C(C)c2c(O)cccc2O)cc1. The van der Waals surface area contributed by atoms with Gasteiger partial charge in [0.05, 0.1) is 11.6 Å². The quantitative estimate of drug-likeness (QED) is 0.883. The Morgan fingerprint density at radius 3 is 2.00 bits per heavy atom. The summed E-state index contributed by atoms with van der Waals surface area (Å²) in [4.78, 5) is 2.02. The fourth-order valence-electron chi connectivity index (χ4n) is 2.17. The van der Waals surface area contributed by atoms with Gasteiger partial charge in [-0.25, -0.2) is 0 Å². The van der Waals surface area contributed by atoms with Crippen molar-refractivity contribution in [1.29, 1.82) is 0 Å². The molecule has 0 aliphatic rings. The zero-order valence-electron chi connectivity index (χ0n) is 11.5. The number of benzene rings is 2. The van der Waals surface area contributed by atoms with E-state index in [4.69, 9.17) is 0 Å². The summed E-state index contributed by atoms with van der Waals surface area (Å²) < 4.78 is 0. The number of hydrogen-bond acceptors (Lipinski definition) is 3. The molecule has 3 nitrogen and oxygen atoms in total. The lowest BCUT2D eigenvalue weighted by molar-refractivity contribution is 0.430. The average molecular weight is 257 g/mol. The van der Waals surface area contributed by atoms with Crippen LogP contribution in [0.4, 0.5) is 5.69 Å². The van der Waals surface area contributed by atoms with Crippen molar-refractivity contribution >= 4 is 5.69 Å². The molecule has 0 fully saturated rings. The van der Waals surface area contributed by atoms with Crippen molar-refractivity contribution in [1.82, 2.24) is 0 Å². The van der Waals surface area contributed by atoms with Gasteiger partial charge in [0, 0.05) is 12.7 Å². The van der Waals surface area contributed by atoms with Gasteiger partial charge in [-0.3, -0.25) is 0 Å². The molecule has 100 valence electrons. The normalized spacial score (nSPS) is 12.2. The Balaban J connectivity index is 2.33. The highest BCUT2D eigenvalue weighted by Crippen LogP contribution is 2.36. The summed E-state index contributed by atoms with van der Waals surface area (Å²) >= 11 is 0. The second-order valence-corrected chi connectivity index (χ2v) is 4.83. The summed E-state index contributed by atoms with van der Waals surface area (Å²) in [6, 6.07) is 12.8. The van der Waals surface area contributed by atoms with E-state index >= 15 is 0 Å². The van der Waals surface area contributed by atoms with Crippen LogP contribution in [0.5, 0.6) is 11.5 Å². The molecule has 2 rings (SSSR count). The maximum absolute atomic E-state index is 9.92. The molecule has 0 amide bonds. The Morgan fingerprint density at radius 2 is 1.47 bits per heavy atom. The third-order valence-electron chi connectivity index (χ3n) is 3.50. The summed E-state index contributed by atoms with van der Waals surface area (Å²) in [6.07, 6.45) is 0. The first-order chi connectivity index (χ1) is 9.00. The second-order valence-electron chi connectivity index (χ2n) is 4.83. The van der Waals surface area contributed by atoms with Crippen LogP contribution in [0.2, 0.25) is 0 Å². The molecular formula is C16H19NO2. The van der Waals surface area contributed by atoms with Crippen LogP contribution in [0.3, 0.4) is 0 Å².